The molecule has 1 saturated carbocycles. The Bertz CT molecular complexity index is 213. The van der Waals surface area contributed by atoms with Gasteiger partial charge >= 0.3 is 0 Å². The molecule has 1 rings (SSSR count). The van der Waals surface area contributed by atoms with Gasteiger partial charge in [-0.1, -0.05) is 26.2 Å². The number of hydrogen-bond donors (Lipinski definition) is 2. The monoisotopic (exact) mass is 256 g/mol. The van der Waals surface area contributed by atoms with Gasteiger partial charge in [-0.2, -0.15) is 0 Å². The molecule has 18 heavy (non-hydrogen) atoms. The number of aliphatic hydroxyl groups excluding tert-OH is 1. The Balaban J connectivity index is 2.62. The Morgan fingerprint density at radius 2 is 1.89 bits per heavy atom. The Morgan fingerprint density at radius 1 is 1.22 bits per heavy atom. The van der Waals surface area contributed by atoms with E-state index in [1.165, 1.54) is 32.1 Å². The molecule has 0 aliphatic heterocycles. The molecule has 0 radical (unpaired) electrons. The predicted octanol–water partition coefficient (Wildman–Crippen LogP) is 2.25. The third kappa shape index (κ3) is 4.87. The van der Waals surface area contributed by atoms with Crippen molar-refractivity contribution in [3.63, 3.8) is 0 Å². The largest absolute Gasteiger partial charge is 0.395 e. The lowest BCUT2D eigenvalue weighted by Crippen LogP contribution is -2.48. The van der Waals surface area contributed by atoms with Crippen molar-refractivity contribution in [2.45, 2.75) is 58.9 Å². The lowest BCUT2D eigenvalue weighted by molar-refractivity contribution is 0.0705. The Hall–Kier alpha value is -0.120. The van der Waals surface area contributed by atoms with Gasteiger partial charge in [-0.25, -0.2) is 0 Å². The van der Waals surface area contributed by atoms with Crippen LogP contribution in [0, 0.1) is 5.41 Å². The highest BCUT2D eigenvalue weighted by Gasteiger charge is 2.33. The Morgan fingerprint density at radius 3 is 2.39 bits per heavy atom. The molecular weight excluding hydrogens is 224 g/mol. The second kappa shape index (κ2) is 8.13. The summed E-state index contributed by atoms with van der Waals surface area (Å²) in [5, 5.41) is 12.8. The molecule has 0 aromatic rings. The van der Waals surface area contributed by atoms with Crippen LogP contribution in [0.5, 0.6) is 0 Å². The number of nitrogens with one attached hydrogen (secondary N) is 1. The summed E-state index contributed by atoms with van der Waals surface area (Å²) in [6.45, 7) is 11.1. The molecular formula is C15H32N2O. The van der Waals surface area contributed by atoms with Crippen LogP contribution in [0.2, 0.25) is 0 Å². The minimum Gasteiger partial charge on any atom is -0.395 e. The molecule has 0 atom stereocenters. The zero-order valence-electron chi connectivity index (χ0n) is 12.5. The maximum Gasteiger partial charge on any atom is 0.0558 e. The van der Waals surface area contributed by atoms with E-state index in [1.807, 2.05) is 0 Å². The highest BCUT2D eigenvalue weighted by molar-refractivity contribution is 4.88. The van der Waals surface area contributed by atoms with Gasteiger partial charge in [0.05, 0.1) is 6.61 Å². The second-order valence-electron chi connectivity index (χ2n) is 6.13. The van der Waals surface area contributed by atoms with Crippen LogP contribution in [0.4, 0.5) is 0 Å². The molecule has 0 saturated heterocycles. The minimum atomic E-state index is 0.273. The first kappa shape index (κ1) is 15.9. The summed E-state index contributed by atoms with van der Waals surface area (Å²) in [4.78, 5) is 2.45. The Kier molecular flexibility index (Phi) is 7.20. The predicted molar refractivity (Wildman–Crippen MR) is 77.9 cm³/mol. The molecule has 0 heterocycles. The van der Waals surface area contributed by atoms with E-state index in [2.05, 4.69) is 31.0 Å². The molecule has 1 aliphatic carbocycles. The summed E-state index contributed by atoms with van der Waals surface area (Å²) in [7, 11) is 0. The van der Waals surface area contributed by atoms with E-state index in [-0.39, 0.29) is 6.61 Å². The maximum atomic E-state index is 9.22. The fourth-order valence-electron chi connectivity index (χ4n) is 3.16. The quantitative estimate of drug-likeness (QED) is 0.699. The number of nitrogens with zero attached hydrogens (tertiary/aromatic N) is 1. The normalized spacial score (nSPS) is 19.7. The first-order chi connectivity index (χ1) is 8.63. The lowest BCUT2D eigenvalue weighted by Gasteiger charge is -2.42. The fraction of sp³-hybridized carbons (Fsp3) is 1.00. The summed E-state index contributed by atoms with van der Waals surface area (Å²) >= 11 is 0. The average molecular weight is 256 g/mol. The van der Waals surface area contributed by atoms with Crippen molar-refractivity contribution >= 4 is 0 Å². The van der Waals surface area contributed by atoms with E-state index >= 15 is 0 Å². The van der Waals surface area contributed by atoms with Gasteiger partial charge in [0.1, 0.15) is 0 Å². The number of hydrogen-bond acceptors (Lipinski definition) is 3. The third-order valence-corrected chi connectivity index (χ3v) is 4.32. The first-order valence-electron chi connectivity index (χ1n) is 7.69. The van der Waals surface area contributed by atoms with Crippen LogP contribution in [0.1, 0.15) is 52.9 Å². The van der Waals surface area contributed by atoms with Gasteiger partial charge in [-0.05, 0) is 38.6 Å². The fourth-order valence-corrected chi connectivity index (χ4v) is 3.16. The molecule has 1 aliphatic rings. The molecule has 0 bridgehead atoms. The van der Waals surface area contributed by atoms with E-state index in [9.17, 15) is 5.11 Å². The zero-order valence-corrected chi connectivity index (χ0v) is 12.5. The van der Waals surface area contributed by atoms with Crippen molar-refractivity contribution in [3.05, 3.63) is 0 Å². The van der Waals surface area contributed by atoms with E-state index < -0.39 is 0 Å². The van der Waals surface area contributed by atoms with Crippen LogP contribution in [-0.2, 0) is 0 Å². The van der Waals surface area contributed by atoms with Crippen LogP contribution in [0.25, 0.3) is 0 Å². The Labute approximate surface area is 113 Å². The van der Waals surface area contributed by atoms with Gasteiger partial charge in [-0.15, -0.1) is 0 Å². The van der Waals surface area contributed by atoms with Crippen molar-refractivity contribution in [3.8, 4) is 0 Å². The van der Waals surface area contributed by atoms with E-state index in [1.54, 1.807) is 0 Å². The van der Waals surface area contributed by atoms with Crippen LogP contribution in [-0.4, -0.2) is 48.8 Å². The van der Waals surface area contributed by atoms with Gasteiger partial charge in [-0.3, -0.25) is 4.90 Å². The smallest absolute Gasteiger partial charge is 0.0558 e. The van der Waals surface area contributed by atoms with Crippen molar-refractivity contribution in [2.75, 3.05) is 32.8 Å². The summed E-state index contributed by atoms with van der Waals surface area (Å²) in [5.74, 6) is 0. The molecule has 3 heteroatoms. The summed E-state index contributed by atoms with van der Waals surface area (Å²) < 4.78 is 0. The highest BCUT2D eigenvalue weighted by atomic mass is 16.3. The topological polar surface area (TPSA) is 35.5 Å². The van der Waals surface area contributed by atoms with Crippen LogP contribution in [0.15, 0.2) is 0 Å². The van der Waals surface area contributed by atoms with Crippen LogP contribution in [0.3, 0.4) is 0 Å². The molecule has 3 nitrogen and oxygen atoms in total. The standard InChI is InChI=1S/C15H32N2O/c1-4-16-12-15(8-6-5-7-9-15)13-17(10-11-18)14(2)3/h14,16,18H,4-13H2,1-3H3. The molecule has 1 fully saturated rings. The summed E-state index contributed by atoms with van der Waals surface area (Å²) in [6.07, 6.45) is 6.83. The summed E-state index contributed by atoms with van der Waals surface area (Å²) in [5.41, 5.74) is 0.438. The highest BCUT2D eigenvalue weighted by Crippen LogP contribution is 2.36. The van der Waals surface area contributed by atoms with Crippen LogP contribution >= 0.6 is 0 Å². The third-order valence-electron chi connectivity index (χ3n) is 4.32. The van der Waals surface area contributed by atoms with Crippen LogP contribution < -0.4 is 5.32 Å². The first-order valence-corrected chi connectivity index (χ1v) is 7.69. The maximum absolute atomic E-state index is 9.22. The van der Waals surface area contributed by atoms with Crippen molar-refractivity contribution in [1.29, 1.82) is 0 Å². The van der Waals surface area contributed by atoms with Crippen molar-refractivity contribution in [2.24, 2.45) is 5.41 Å². The van der Waals surface area contributed by atoms with Gasteiger partial charge in [0.15, 0.2) is 0 Å². The molecule has 2 N–H and O–H groups in total. The second-order valence-corrected chi connectivity index (χ2v) is 6.13. The van der Waals surface area contributed by atoms with E-state index in [4.69, 9.17) is 0 Å². The minimum absolute atomic E-state index is 0.273. The zero-order chi connectivity index (χ0) is 13.4. The van der Waals surface area contributed by atoms with Gasteiger partial charge in [0.25, 0.3) is 0 Å². The van der Waals surface area contributed by atoms with Gasteiger partial charge in [0.2, 0.25) is 0 Å². The SMILES string of the molecule is CCNCC1(CN(CCO)C(C)C)CCCCC1. The molecule has 0 spiro atoms. The van der Waals surface area contributed by atoms with Crippen molar-refractivity contribution < 1.29 is 5.11 Å². The molecule has 0 aromatic carbocycles. The molecule has 0 unspecified atom stereocenters. The average Bonchev–Trinajstić information content (AvgIpc) is 2.37. The molecule has 108 valence electrons. The number of aliphatic hydroxyl groups is 1. The van der Waals surface area contributed by atoms with Crippen molar-refractivity contribution in [1.82, 2.24) is 10.2 Å². The summed E-state index contributed by atoms with van der Waals surface area (Å²) in [6, 6.07) is 0.526. The lowest BCUT2D eigenvalue weighted by atomic mass is 9.73. The number of rotatable bonds is 8. The van der Waals surface area contributed by atoms with Gasteiger partial charge < -0.3 is 10.4 Å². The molecule has 0 aromatic heterocycles. The van der Waals surface area contributed by atoms with E-state index in [0.29, 0.717) is 11.5 Å². The van der Waals surface area contributed by atoms with Gasteiger partial charge in [0, 0.05) is 25.7 Å². The molecule has 0 amide bonds. The van der Waals surface area contributed by atoms with E-state index in [0.717, 1.165) is 26.2 Å².